The van der Waals surface area contributed by atoms with Crippen LogP contribution in [0.25, 0.3) is 0 Å². The Morgan fingerprint density at radius 3 is 2.39 bits per heavy atom. The van der Waals surface area contributed by atoms with E-state index in [0.29, 0.717) is 11.5 Å². The predicted molar refractivity (Wildman–Crippen MR) is 77.4 cm³/mol. The predicted octanol–water partition coefficient (Wildman–Crippen LogP) is 2.78. The van der Waals surface area contributed by atoms with Gasteiger partial charge in [-0.25, -0.2) is 4.98 Å². The number of nitrogen functional groups attached to an aromatic ring is 1. The number of nitrogens with zero attached hydrogens (tertiary/aromatic N) is 2. The van der Waals surface area contributed by atoms with Gasteiger partial charge in [-0.15, -0.1) is 0 Å². The van der Waals surface area contributed by atoms with Gasteiger partial charge in [0, 0.05) is 31.7 Å². The molecule has 1 aromatic heterocycles. The van der Waals surface area contributed by atoms with Crippen molar-refractivity contribution in [3.8, 4) is 0 Å². The minimum absolute atomic E-state index is 0.659. The molecule has 2 aromatic rings. The fourth-order valence-corrected chi connectivity index (χ4v) is 1.68. The van der Waals surface area contributed by atoms with E-state index in [2.05, 4.69) is 15.2 Å². The van der Waals surface area contributed by atoms with Crippen molar-refractivity contribution in [2.24, 2.45) is 0 Å². The zero-order chi connectivity index (χ0) is 13.1. The largest absolute Gasteiger partial charge is 0.396 e. The van der Waals surface area contributed by atoms with Gasteiger partial charge < -0.3 is 16.0 Å². The zero-order valence-electron chi connectivity index (χ0n) is 10.9. The lowest BCUT2D eigenvalue weighted by Crippen LogP contribution is -2.08. The molecule has 2 rings (SSSR count). The van der Waals surface area contributed by atoms with Crippen LogP contribution in [0.4, 0.5) is 22.9 Å². The topological polar surface area (TPSA) is 54.2 Å². The van der Waals surface area contributed by atoms with Crippen LogP contribution in [0, 0.1) is 6.92 Å². The fraction of sp³-hybridized carbons (Fsp3) is 0.214. The number of rotatable bonds is 3. The van der Waals surface area contributed by atoms with Crippen molar-refractivity contribution < 1.29 is 0 Å². The molecule has 4 heteroatoms. The minimum Gasteiger partial charge on any atom is -0.396 e. The third kappa shape index (κ3) is 2.71. The van der Waals surface area contributed by atoms with Gasteiger partial charge in [-0.1, -0.05) is 0 Å². The minimum atomic E-state index is 0.659. The number of nitrogens with two attached hydrogens (primary N) is 1. The highest BCUT2D eigenvalue weighted by molar-refractivity contribution is 5.69. The number of aryl methyl sites for hydroxylation is 1. The Labute approximate surface area is 107 Å². The standard InChI is InChI=1S/C14H18N4/c1-10-8-13(15)14(16-9-10)17-11-4-6-12(7-5-11)18(2)3/h4-9H,15H2,1-3H3,(H,16,17). The smallest absolute Gasteiger partial charge is 0.153 e. The van der Waals surface area contributed by atoms with Gasteiger partial charge in [0.05, 0.1) is 5.69 Å². The van der Waals surface area contributed by atoms with E-state index in [1.165, 1.54) is 0 Å². The molecule has 0 aliphatic rings. The molecule has 0 fully saturated rings. The van der Waals surface area contributed by atoms with E-state index in [4.69, 9.17) is 5.73 Å². The second kappa shape index (κ2) is 4.96. The Bertz CT molecular complexity index is 532. The lowest BCUT2D eigenvalue weighted by atomic mass is 10.2. The van der Waals surface area contributed by atoms with Crippen molar-refractivity contribution in [3.05, 3.63) is 42.1 Å². The molecule has 3 N–H and O–H groups in total. The van der Waals surface area contributed by atoms with E-state index in [1.54, 1.807) is 6.20 Å². The molecule has 0 aliphatic heterocycles. The highest BCUT2D eigenvalue weighted by atomic mass is 15.1. The summed E-state index contributed by atoms with van der Waals surface area (Å²) in [6.07, 6.45) is 1.80. The first-order valence-corrected chi connectivity index (χ1v) is 5.83. The van der Waals surface area contributed by atoms with Gasteiger partial charge in [0.1, 0.15) is 0 Å². The van der Waals surface area contributed by atoms with Gasteiger partial charge >= 0.3 is 0 Å². The maximum absolute atomic E-state index is 5.91. The molecular weight excluding hydrogens is 224 g/mol. The number of nitrogens with one attached hydrogen (secondary N) is 1. The zero-order valence-corrected chi connectivity index (χ0v) is 10.9. The van der Waals surface area contributed by atoms with Crippen LogP contribution in [0.2, 0.25) is 0 Å². The van der Waals surface area contributed by atoms with Crippen LogP contribution in [0.1, 0.15) is 5.56 Å². The summed E-state index contributed by atoms with van der Waals surface area (Å²) in [5, 5.41) is 3.21. The van der Waals surface area contributed by atoms with Gasteiger partial charge in [-0.3, -0.25) is 0 Å². The molecule has 0 bridgehead atoms. The van der Waals surface area contributed by atoms with Gasteiger partial charge in [-0.2, -0.15) is 0 Å². The SMILES string of the molecule is Cc1cnc(Nc2ccc(N(C)C)cc2)c(N)c1. The molecule has 0 aliphatic carbocycles. The summed E-state index contributed by atoms with van der Waals surface area (Å²) in [5.41, 5.74) is 9.76. The van der Waals surface area contributed by atoms with Crippen molar-refractivity contribution in [2.45, 2.75) is 6.92 Å². The van der Waals surface area contributed by atoms with Crippen molar-refractivity contribution >= 4 is 22.9 Å². The number of hydrogen-bond donors (Lipinski definition) is 2. The number of aromatic nitrogens is 1. The van der Waals surface area contributed by atoms with E-state index in [-0.39, 0.29) is 0 Å². The summed E-state index contributed by atoms with van der Waals surface area (Å²) in [6.45, 7) is 1.97. The van der Waals surface area contributed by atoms with Gasteiger partial charge in [-0.05, 0) is 42.8 Å². The lowest BCUT2D eigenvalue weighted by molar-refractivity contribution is 1.13. The Hall–Kier alpha value is -2.23. The summed E-state index contributed by atoms with van der Waals surface area (Å²) < 4.78 is 0. The summed E-state index contributed by atoms with van der Waals surface area (Å²) in [7, 11) is 4.03. The summed E-state index contributed by atoms with van der Waals surface area (Å²) >= 11 is 0. The molecule has 1 aromatic carbocycles. The third-order valence-corrected chi connectivity index (χ3v) is 2.70. The number of anilines is 4. The Morgan fingerprint density at radius 2 is 1.83 bits per heavy atom. The fourth-order valence-electron chi connectivity index (χ4n) is 1.68. The van der Waals surface area contributed by atoms with E-state index >= 15 is 0 Å². The average molecular weight is 242 g/mol. The molecular formula is C14H18N4. The molecule has 0 radical (unpaired) electrons. The maximum atomic E-state index is 5.91. The van der Waals surface area contributed by atoms with Crippen LogP contribution in [-0.2, 0) is 0 Å². The second-order valence-electron chi connectivity index (χ2n) is 4.52. The molecule has 1 heterocycles. The Morgan fingerprint density at radius 1 is 1.17 bits per heavy atom. The first kappa shape index (κ1) is 12.2. The van der Waals surface area contributed by atoms with Crippen LogP contribution in [0.15, 0.2) is 36.5 Å². The van der Waals surface area contributed by atoms with Gasteiger partial charge in [0.2, 0.25) is 0 Å². The maximum Gasteiger partial charge on any atom is 0.153 e. The molecule has 4 nitrogen and oxygen atoms in total. The Kier molecular flexibility index (Phi) is 3.37. The molecule has 94 valence electrons. The van der Waals surface area contributed by atoms with Crippen molar-refractivity contribution in [2.75, 3.05) is 30.0 Å². The van der Waals surface area contributed by atoms with E-state index in [0.717, 1.165) is 16.9 Å². The van der Waals surface area contributed by atoms with Crippen molar-refractivity contribution in [1.82, 2.24) is 4.98 Å². The molecule has 0 spiro atoms. The average Bonchev–Trinajstić information content (AvgIpc) is 2.33. The van der Waals surface area contributed by atoms with Gasteiger partial charge in [0.25, 0.3) is 0 Å². The highest BCUT2D eigenvalue weighted by Crippen LogP contribution is 2.23. The molecule has 0 saturated carbocycles. The quantitative estimate of drug-likeness (QED) is 0.869. The number of hydrogen-bond acceptors (Lipinski definition) is 4. The normalized spacial score (nSPS) is 10.2. The molecule has 0 atom stereocenters. The molecule has 18 heavy (non-hydrogen) atoms. The third-order valence-electron chi connectivity index (χ3n) is 2.70. The molecule has 0 saturated heterocycles. The second-order valence-corrected chi connectivity index (χ2v) is 4.52. The Balaban J connectivity index is 2.18. The van der Waals surface area contributed by atoms with Crippen LogP contribution in [0.5, 0.6) is 0 Å². The van der Waals surface area contributed by atoms with Crippen LogP contribution in [-0.4, -0.2) is 19.1 Å². The van der Waals surface area contributed by atoms with Gasteiger partial charge in [0.15, 0.2) is 5.82 Å². The number of pyridine rings is 1. The first-order valence-electron chi connectivity index (χ1n) is 5.83. The van der Waals surface area contributed by atoms with E-state index in [9.17, 15) is 0 Å². The summed E-state index contributed by atoms with van der Waals surface area (Å²) in [4.78, 5) is 6.34. The summed E-state index contributed by atoms with van der Waals surface area (Å²) in [6, 6.07) is 10.0. The lowest BCUT2D eigenvalue weighted by Gasteiger charge is -2.13. The van der Waals surface area contributed by atoms with Crippen LogP contribution in [0.3, 0.4) is 0 Å². The molecule has 0 unspecified atom stereocenters. The number of benzene rings is 1. The monoisotopic (exact) mass is 242 g/mol. The van der Waals surface area contributed by atoms with E-state index < -0.39 is 0 Å². The van der Waals surface area contributed by atoms with Crippen LogP contribution >= 0.6 is 0 Å². The summed E-state index contributed by atoms with van der Waals surface area (Å²) in [5.74, 6) is 0.693. The van der Waals surface area contributed by atoms with E-state index in [1.807, 2.05) is 51.4 Å². The van der Waals surface area contributed by atoms with Crippen molar-refractivity contribution in [1.29, 1.82) is 0 Å². The first-order chi connectivity index (χ1) is 8.56. The molecule has 0 amide bonds. The van der Waals surface area contributed by atoms with Crippen molar-refractivity contribution in [3.63, 3.8) is 0 Å². The van der Waals surface area contributed by atoms with Crippen LogP contribution < -0.4 is 16.0 Å². The highest BCUT2D eigenvalue weighted by Gasteiger charge is 2.02.